The first kappa shape index (κ1) is 14.1. The maximum absolute atomic E-state index is 12.1. The van der Waals surface area contributed by atoms with Gasteiger partial charge in [0.15, 0.2) is 0 Å². The number of esters is 1. The van der Waals surface area contributed by atoms with E-state index < -0.39 is 0 Å². The van der Waals surface area contributed by atoms with E-state index in [0.717, 1.165) is 18.4 Å². The van der Waals surface area contributed by atoms with Crippen LogP contribution in [-0.4, -0.2) is 5.97 Å². The Labute approximate surface area is 126 Å². The largest absolute Gasteiger partial charge is 0.422 e. The molecule has 0 fully saturated rings. The Morgan fingerprint density at radius 1 is 1.14 bits per heavy atom. The van der Waals surface area contributed by atoms with Crippen LogP contribution in [0.4, 0.5) is 0 Å². The lowest BCUT2D eigenvalue weighted by molar-refractivity contribution is -0.126. The summed E-state index contributed by atoms with van der Waals surface area (Å²) in [6.07, 6.45) is 6.49. The fourth-order valence-corrected chi connectivity index (χ4v) is 3.91. The monoisotopic (exact) mass is 282 g/mol. The first-order valence-corrected chi connectivity index (χ1v) is 7.51. The van der Waals surface area contributed by atoms with Gasteiger partial charge in [-0.15, -0.1) is 0 Å². The maximum atomic E-state index is 12.1. The van der Waals surface area contributed by atoms with Gasteiger partial charge in [-0.25, -0.2) is 4.79 Å². The Balaban J connectivity index is 2.02. The summed E-state index contributed by atoms with van der Waals surface area (Å²) >= 11 is 0. The fraction of sp³-hybridized carbons (Fsp3) is 0.421. The Morgan fingerprint density at radius 2 is 1.86 bits per heavy atom. The molecule has 2 heteroatoms. The molecule has 0 N–H and O–H groups in total. The molecule has 0 spiro atoms. The van der Waals surface area contributed by atoms with Gasteiger partial charge in [0.25, 0.3) is 0 Å². The number of allylic oxidation sites excluding steroid dienone is 3. The highest BCUT2D eigenvalue weighted by atomic mass is 16.5. The lowest BCUT2D eigenvalue weighted by atomic mass is 9.66. The molecule has 0 atom stereocenters. The third kappa shape index (κ3) is 2.80. The van der Waals surface area contributed by atoms with Crippen LogP contribution < -0.4 is 4.74 Å². The minimum atomic E-state index is -0.238. The van der Waals surface area contributed by atoms with Crippen molar-refractivity contribution in [1.29, 1.82) is 0 Å². The summed E-state index contributed by atoms with van der Waals surface area (Å²) in [4.78, 5) is 12.1. The molecular weight excluding hydrogens is 260 g/mol. The molecule has 0 amide bonds. The van der Waals surface area contributed by atoms with Crippen molar-refractivity contribution in [2.24, 2.45) is 10.8 Å². The normalized spacial score (nSPS) is 24.5. The average molecular weight is 282 g/mol. The molecule has 110 valence electrons. The van der Waals surface area contributed by atoms with Gasteiger partial charge in [0.2, 0.25) is 0 Å². The van der Waals surface area contributed by atoms with Gasteiger partial charge in [-0.05, 0) is 35.8 Å². The number of rotatable bonds is 1. The SMILES string of the molecule is CC1(C)C=C(/C=C2\C(=O)Oc3ccccc32)CC(C)(C)C1. The van der Waals surface area contributed by atoms with Gasteiger partial charge >= 0.3 is 5.97 Å². The van der Waals surface area contributed by atoms with Crippen molar-refractivity contribution >= 4 is 11.5 Å². The van der Waals surface area contributed by atoms with Crippen LogP contribution in [0, 0.1) is 10.8 Å². The molecule has 1 aromatic rings. The van der Waals surface area contributed by atoms with Crippen LogP contribution in [0.25, 0.3) is 5.57 Å². The fourth-order valence-electron chi connectivity index (χ4n) is 3.91. The summed E-state index contributed by atoms with van der Waals surface area (Å²) in [7, 11) is 0. The highest BCUT2D eigenvalue weighted by Crippen LogP contribution is 2.46. The average Bonchev–Trinajstić information content (AvgIpc) is 2.62. The number of fused-ring (bicyclic) bond motifs is 1. The molecule has 1 aliphatic heterocycles. The molecule has 0 bridgehead atoms. The molecule has 0 aromatic heterocycles. The van der Waals surface area contributed by atoms with Crippen molar-refractivity contribution in [2.45, 2.75) is 40.5 Å². The van der Waals surface area contributed by atoms with Crippen LogP contribution >= 0.6 is 0 Å². The minimum Gasteiger partial charge on any atom is -0.422 e. The van der Waals surface area contributed by atoms with Crippen LogP contribution in [0.5, 0.6) is 5.75 Å². The lowest BCUT2D eigenvalue weighted by Crippen LogP contribution is -2.26. The van der Waals surface area contributed by atoms with Gasteiger partial charge in [0, 0.05) is 5.56 Å². The van der Waals surface area contributed by atoms with Gasteiger partial charge in [-0.2, -0.15) is 0 Å². The number of carbonyl (C=O) groups is 1. The van der Waals surface area contributed by atoms with Gasteiger partial charge in [0.05, 0.1) is 5.57 Å². The number of hydrogen-bond acceptors (Lipinski definition) is 2. The number of benzene rings is 1. The molecular formula is C19H22O2. The van der Waals surface area contributed by atoms with Gasteiger partial charge in [-0.3, -0.25) is 0 Å². The molecule has 3 rings (SSSR count). The third-order valence-corrected chi connectivity index (χ3v) is 4.12. The predicted octanol–water partition coefficient (Wildman–Crippen LogP) is 4.76. The zero-order valence-electron chi connectivity index (χ0n) is 13.2. The standard InChI is InChI=1S/C19H22O2/c1-18(2)10-13(11-19(3,4)12-18)9-15-14-7-5-6-8-16(14)21-17(15)20/h5-10H,11-12H2,1-4H3/b15-9-. The first-order chi connectivity index (χ1) is 9.76. The predicted molar refractivity (Wildman–Crippen MR) is 84.9 cm³/mol. The highest BCUT2D eigenvalue weighted by molar-refractivity contribution is 6.21. The van der Waals surface area contributed by atoms with E-state index in [1.807, 2.05) is 30.3 Å². The Bertz CT molecular complexity index is 660. The van der Waals surface area contributed by atoms with Crippen molar-refractivity contribution in [2.75, 3.05) is 0 Å². The number of para-hydroxylation sites is 1. The van der Waals surface area contributed by atoms with E-state index in [1.165, 1.54) is 5.57 Å². The van der Waals surface area contributed by atoms with E-state index in [4.69, 9.17) is 4.74 Å². The van der Waals surface area contributed by atoms with Crippen LogP contribution in [0.2, 0.25) is 0 Å². The molecule has 2 nitrogen and oxygen atoms in total. The molecule has 1 aromatic carbocycles. The topological polar surface area (TPSA) is 26.3 Å². The molecule has 0 radical (unpaired) electrons. The Morgan fingerprint density at radius 3 is 2.57 bits per heavy atom. The van der Waals surface area contributed by atoms with Crippen LogP contribution in [0.15, 0.2) is 42.0 Å². The van der Waals surface area contributed by atoms with Gasteiger partial charge in [0.1, 0.15) is 5.75 Å². The van der Waals surface area contributed by atoms with E-state index >= 15 is 0 Å². The van der Waals surface area contributed by atoms with E-state index in [-0.39, 0.29) is 16.8 Å². The highest BCUT2D eigenvalue weighted by Gasteiger charge is 2.34. The Hall–Kier alpha value is -1.83. The molecule has 2 aliphatic rings. The van der Waals surface area contributed by atoms with Crippen molar-refractivity contribution in [3.8, 4) is 5.75 Å². The number of carbonyl (C=O) groups excluding carboxylic acids is 1. The summed E-state index contributed by atoms with van der Waals surface area (Å²) in [6.45, 7) is 9.10. The Kier molecular flexibility index (Phi) is 3.09. The smallest absolute Gasteiger partial charge is 0.344 e. The van der Waals surface area contributed by atoms with E-state index in [0.29, 0.717) is 11.3 Å². The van der Waals surface area contributed by atoms with Crippen LogP contribution in [0.1, 0.15) is 46.1 Å². The number of hydrogen-bond donors (Lipinski definition) is 0. The van der Waals surface area contributed by atoms with E-state index in [1.54, 1.807) is 0 Å². The zero-order valence-corrected chi connectivity index (χ0v) is 13.2. The summed E-state index contributed by atoms with van der Waals surface area (Å²) in [5.74, 6) is 0.432. The van der Waals surface area contributed by atoms with Gasteiger partial charge in [-0.1, -0.05) is 57.5 Å². The molecule has 1 aliphatic carbocycles. The summed E-state index contributed by atoms with van der Waals surface area (Å²) in [5.41, 5.74) is 3.25. The summed E-state index contributed by atoms with van der Waals surface area (Å²) < 4.78 is 5.33. The lowest BCUT2D eigenvalue weighted by Gasteiger charge is -2.38. The molecule has 1 heterocycles. The second-order valence-electron chi connectivity index (χ2n) is 7.67. The van der Waals surface area contributed by atoms with Crippen LogP contribution in [-0.2, 0) is 4.79 Å². The van der Waals surface area contributed by atoms with Gasteiger partial charge < -0.3 is 4.74 Å². The minimum absolute atomic E-state index is 0.163. The molecule has 0 unspecified atom stereocenters. The second-order valence-corrected chi connectivity index (χ2v) is 7.67. The van der Waals surface area contributed by atoms with E-state index in [2.05, 4.69) is 33.8 Å². The van der Waals surface area contributed by atoms with Crippen molar-refractivity contribution in [3.05, 3.63) is 47.6 Å². The van der Waals surface area contributed by atoms with Crippen LogP contribution in [0.3, 0.4) is 0 Å². The third-order valence-electron chi connectivity index (χ3n) is 4.12. The first-order valence-electron chi connectivity index (χ1n) is 7.51. The zero-order chi connectivity index (χ0) is 15.3. The van der Waals surface area contributed by atoms with Crippen molar-refractivity contribution < 1.29 is 9.53 Å². The summed E-state index contributed by atoms with van der Waals surface area (Å²) in [6, 6.07) is 7.63. The molecule has 0 saturated carbocycles. The summed E-state index contributed by atoms with van der Waals surface area (Å²) in [5, 5.41) is 0. The second kappa shape index (κ2) is 4.59. The van der Waals surface area contributed by atoms with E-state index in [9.17, 15) is 4.79 Å². The van der Waals surface area contributed by atoms with Crippen molar-refractivity contribution in [1.82, 2.24) is 0 Å². The number of ether oxygens (including phenoxy) is 1. The molecule has 0 saturated heterocycles. The van der Waals surface area contributed by atoms with Crippen molar-refractivity contribution in [3.63, 3.8) is 0 Å². The molecule has 21 heavy (non-hydrogen) atoms. The maximum Gasteiger partial charge on any atom is 0.344 e. The quantitative estimate of drug-likeness (QED) is 0.421.